The summed E-state index contributed by atoms with van der Waals surface area (Å²) in [6.07, 6.45) is 4.34. The van der Waals surface area contributed by atoms with Gasteiger partial charge in [0.05, 0.1) is 23.0 Å². The summed E-state index contributed by atoms with van der Waals surface area (Å²) >= 11 is 0. The van der Waals surface area contributed by atoms with Gasteiger partial charge in [0.15, 0.2) is 15.6 Å². The fourth-order valence-electron chi connectivity index (χ4n) is 3.18. The van der Waals surface area contributed by atoms with Crippen molar-refractivity contribution in [2.75, 3.05) is 24.7 Å². The van der Waals surface area contributed by atoms with Gasteiger partial charge in [-0.05, 0) is 39.0 Å². The molecule has 1 saturated heterocycles. The number of carbonyl (C=O) groups is 2. The minimum absolute atomic E-state index is 0.149. The molecule has 2 aromatic rings. The average Bonchev–Trinajstić information content (AvgIpc) is 2.74. The van der Waals surface area contributed by atoms with Crippen LogP contribution in [0.4, 0.5) is 14.9 Å². The predicted octanol–water partition coefficient (Wildman–Crippen LogP) is 3.05. The maximum absolute atomic E-state index is 14.2. The Morgan fingerprint density at radius 2 is 1.76 bits per heavy atom. The Kier molecular flexibility index (Phi) is 7.39. The second kappa shape index (κ2) is 9.92. The van der Waals surface area contributed by atoms with E-state index in [1.165, 1.54) is 18.5 Å². The molecule has 1 aromatic heterocycles. The van der Waals surface area contributed by atoms with Crippen molar-refractivity contribution in [3.05, 3.63) is 42.2 Å². The summed E-state index contributed by atoms with van der Waals surface area (Å²) in [6.45, 7) is 6.43. The first-order valence-corrected chi connectivity index (χ1v) is 12.5. The zero-order chi connectivity index (χ0) is 25.1. The number of halogens is 1. The summed E-state index contributed by atoms with van der Waals surface area (Å²) < 4.78 is 48.4. The molecular formula is C22H27FN4O6S. The number of rotatable bonds is 5. The van der Waals surface area contributed by atoms with E-state index in [4.69, 9.17) is 9.47 Å². The van der Waals surface area contributed by atoms with Gasteiger partial charge in [0.2, 0.25) is 5.82 Å². The van der Waals surface area contributed by atoms with E-state index in [1.807, 2.05) is 20.8 Å². The van der Waals surface area contributed by atoms with E-state index in [9.17, 15) is 22.4 Å². The van der Waals surface area contributed by atoms with Crippen LogP contribution in [0.3, 0.4) is 0 Å². The first kappa shape index (κ1) is 25.3. The maximum atomic E-state index is 14.2. The van der Waals surface area contributed by atoms with Crippen molar-refractivity contribution in [2.24, 2.45) is 0 Å². The third kappa shape index (κ3) is 6.86. The Morgan fingerprint density at radius 1 is 1.15 bits per heavy atom. The molecule has 0 aliphatic carbocycles. The quantitative estimate of drug-likeness (QED) is 0.672. The number of anilines is 1. The Hall–Kier alpha value is -3.28. The van der Waals surface area contributed by atoms with Gasteiger partial charge in [-0.1, -0.05) is 0 Å². The fourth-order valence-corrected chi connectivity index (χ4v) is 3.81. The Bertz CT molecular complexity index is 1160. The van der Waals surface area contributed by atoms with E-state index in [1.54, 1.807) is 4.90 Å². The standard InChI is InChI=1S/C22H27FN4O6S/c1-22(2,3)33-21(29)27-9-7-14(8-10-27)32-15-12-24-19(25-13-15)20(28)26-18-6-5-16(11-17(18)23)34(4,30)31/h5-6,11-14H,7-10H2,1-4H3,(H,26,28). The molecular weight excluding hydrogens is 467 g/mol. The van der Waals surface area contributed by atoms with Crippen molar-refractivity contribution in [1.29, 1.82) is 0 Å². The molecule has 0 bridgehead atoms. The summed E-state index contributed by atoms with van der Waals surface area (Å²) in [5.41, 5.74) is -0.751. The van der Waals surface area contributed by atoms with Crippen LogP contribution in [0.2, 0.25) is 0 Å². The Labute approximate surface area is 197 Å². The van der Waals surface area contributed by atoms with Gasteiger partial charge in [-0.2, -0.15) is 0 Å². The second-order valence-corrected chi connectivity index (χ2v) is 10.9. The molecule has 3 rings (SSSR count). The van der Waals surface area contributed by atoms with Crippen molar-refractivity contribution in [1.82, 2.24) is 14.9 Å². The minimum Gasteiger partial charge on any atom is -0.487 e. The minimum atomic E-state index is -3.57. The molecule has 0 radical (unpaired) electrons. The van der Waals surface area contributed by atoms with Gasteiger partial charge in [0.25, 0.3) is 5.91 Å². The molecule has 0 atom stereocenters. The molecule has 34 heavy (non-hydrogen) atoms. The summed E-state index contributed by atoms with van der Waals surface area (Å²) in [5, 5.41) is 2.31. The third-order valence-electron chi connectivity index (χ3n) is 4.84. The molecule has 2 amide bonds. The number of piperidine rings is 1. The summed E-state index contributed by atoms with van der Waals surface area (Å²) in [6, 6.07) is 3.18. The summed E-state index contributed by atoms with van der Waals surface area (Å²) in [5.74, 6) is -1.51. The van der Waals surface area contributed by atoms with Crippen molar-refractivity contribution in [3.63, 3.8) is 0 Å². The average molecular weight is 495 g/mol. The van der Waals surface area contributed by atoms with Crippen LogP contribution in [0.5, 0.6) is 5.75 Å². The van der Waals surface area contributed by atoms with E-state index in [0.29, 0.717) is 31.7 Å². The molecule has 2 heterocycles. The largest absolute Gasteiger partial charge is 0.487 e. The van der Waals surface area contributed by atoms with Crippen molar-refractivity contribution < 1.29 is 31.9 Å². The third-order valence-corrected chi connectivity index (χ3v) is 5.95. The number of amides is 2. The highest BCUT2D eigenvalue weighted by atomic mass is 32.2. The number of nitrogens with one attached hydrogen (secondary N) is 1. The van der Waals surface area contributed by atoms with E-state index >= 15 is 0 Å². The smallest absolute Gasteiger partial charge is 0.410 e. The number of benzene rings is 1. The number of likely N-dealkylation sites (tertiary alicyclic amines) is 1. The highest BCUT2D eigenvalue weighted by Crippen LogP contribution is 2.21. The maximum Gasteiger partial charge on any atom is 0.410 e. The van der Waals surface area contributed by atoms with Gasteiger partial charge in [0.1, 0.15) is 17.5 Å². The van der Waals surface area contributed by atoms with E-state index in [0.717, 1.165) is 18.4 Å². The van der Waals surface area contributed by atoms with Crippen LogP contribution in [0.1, 0.15) is 44.2 Å². The van der Waals surface area contributed by atoms with E-state index < -0.39 is 27.2 Å². The summed E-state index contributed by atoms with van der Waals surface area (Å²) in [4.78, 5) is 33.8. The van der Waals surface area contributed by atoms with Crippen LogP contribution in [0.15, 0.2) is 35.5 Å². The summed E-state index contributed by atoms with van der Waals surface area (Å²) in [7, 11) is -3.57. The topological polar surface area (TPSA) is 128 Å². The van der Waals surface area contributed by atoms with Crippen LogP contribution < -0.4 is 10.1 Å². The molecule has 1 aromatic carbocycles. The van der Waals surface area contributed by atoms with Crippen molar-refractivity contribution >= 4 is 27.5 Å². The zero-order valence-corrected chi connectivity index (χ0v) is 20.2. The molecule has 1 aliphatic rings. The molecule has 0 unspecified atom stereocenters. The lowest BCUT2D eigenvalue weighted by molar-refractivity contribution is 0.0126. The second-order valence-electron chi connectivity index (χ2n) is 8.89. The Balaban J connectivity index is 1.54. The molecule has 1 fully saturated rings. The number of hydrogen-bond acceptors (Lipinski definition) is 8. The molecule has 0 saturated carbocycles. The molecule has 12 heteroatoms. The molecule has 1 aliphatic heterocycles. The van der Waals surface area contributed by atoms with Gasteiger partial charge >= 0.3 is 6.09 Å². The number of nitrogens with zero attached hydrogens (tertiary/aromatic N) is 3. The number of aromatic nitrogens is 2. The van der Waals surface area contributed by atoms with E-state index in [2.05, 4.69) is 15.3 Å². The lowest BCUT2D eigenvalue weighted by Crippen LogP contribution is -2.44. The van der Waals surface area contributed by atoms with Crippen molar-refractivity contribution in [3.8, 4) is 5.75 Å². The van der Waals surface area contributed by atoms with Crippen LogP contribution in [0.25, 0.3) is 0 Å². The highest BCUT2D eigenvalue weighted by molar-refractivity contribution is 7.90. The van der Waals surface area contributed by atoms with Gasteiger partial charge < -0.3 is 19.7 Å². The molecule has 0 spiro atoms. The molecule has 10 nitrogen and oxygen atoms in total. The lowest BCUT2D eigenvalue weighted by atomic mass is 10.1. The molecule has 1 N–H and O–H groups in total. The van der Waals surface area contributed by atoms with Crippen LogP contribution in [0, 0.1) is 5.82 Å². The van der Waals surface area contributed by atoms with Gasteiger partial charge in [-0.15, -0.1) is 0 Å². The SMILES string of the molecule is CC(C)(C)OC(=O)N1CCC(Oc2cnc(C(=O)Nc3ccc(S(C)(=O)=O)cc3F)nc2)CC1. The molecule has 184 valence electrons. The predicted molar refractivity (Wildman–Crippen MR) is 121 cm³/mol. The number of ether oxygens (including phenoxy) is 2. The highest BCUT2D eigenvalue weighted by Gasteiger charge is 2.27. The van der Waals surface area contributed by atoms with Gasteiger partial charge in [-0.3, -0.25) is 4.79 Å². The van der Waals surface area contributed by atoms with Crippen LogP contribution in [-0.4, -0.2) is 66.3 Å². The van der Waals surface area contributed by atoms with Gasteiger partial charge in [-0.25, -0.2) is 27.6 Å². The first-order chi connectivity index (χ1) is 15.8. The zero-order valence-electron chi connectivity index (χ0n) is 19.4. The first-order valence-electron chi connectivity index (χ1n) is 10.6. The van der Waals surface area contributed by atoms with Gasteiger partial charge in [0, 0.05) is 32.2 Å². The normalized spacial score (nSPS) is 15.0. The number of carbonyl (C=O) groups excluding carboxylic acids is 2. The van der Waals surface area contributed by atoms with Crippen LogP contribution >= 0.6 is 0 Å². The number of sulfone groups is 1. The number of hydrogen-bond donors (Lipinski definition) is 1. The van der Waals surface area contributed by atoms with Crippen LogP contribution in [-0.2, 0) is 14.6 Å². The van der Waals surface area contributed by atoms with Crippen molar-refractivity contribution in [2.45, 2.75) is 50.2 Å². The fraction of sp³-hybridized carbons (Fsp3) is 0.455. The van der Waals surface area contributed by atoms with E-state index in [-0.39, 0.29) is 28.6 Å². The Morgan fingerprint density at radius 3 is 2.29 bits per heavy atom. The lowest BCUT2D eigenvalue weighted by Gasteiger charge is -2.33. The monoisotopic (exact) mass is 494 g/mol.